The Hall–Kier alpha value is -2.65. The number of aryl methyl sites for hydroxylation is 2. The van der Waals surface area contributed by atoms with Crippen LogP contribution in [0.25, 0.3) is 10.4 Å². The molecule has 2 heterocycles. The first kappa shape index (κ1) is 28.9. The Kier molecular flexibility index (Phi) is 7.92. The zero-order valence-electron chi connectivity index (χ0n) is 24.0. The van der Waals surface area contributed by atoms with E-state index in [1.54, 1.807) is 11.3 Å². The molecule has 9 heteroatoms. The van der Waals surface area contributed by atoms with Crippen LogP contribution in [0.5, 0.6) is 0 Å². The molecule has 2 amide bonds. The molecule has 2 aromatic rings. The molecule has 1 aromatic carbocycles. The van der Waals surface area contributed by atoms with Gasteiger partial charge < -0.3 is 15.0 Å². The van der Waals surface area contributed by atoms with Gasteiger partial charge in [-0.2, -0.15) is 0 Å². The van der Waals surface area contributed by atoms with Crippen molar-refractivity contribution in [1.29, 1.82) is 0 Å². The molecular formula is C31H40FN3O4S. The standard InChI is InChI=1S/C31H40FN3O4S/c1-6-39-23-15-25(35(16-23)29(38)30(5,34-20(4)36)31(32)13-14-31)27(37)26-18(2)24(26)12-9-21-7-10-22(11-8-21)28-19(3)33-17-40-28/h7-8,10-11,17-18,23-26H,6,9,12-16H2,1-5H3,(H,34,36)/t18?,23-,24?,25+,26?,30?/m1/s1. The summed E-state index contributed by atoms with van der Waals surface area (Å²) in [6.07, 6.45) is 2.31. The highest BCUT2D eigenvalue weighted by Gasteiger charge is 2.65. The average molecular weight is 570 g/mol. The van der Waals surface area contributed by atoms with Crippen LogP contribution in [0, 0.1) is 24.7 Å². The van der Waals surface area contributed by atoms with Crippen LogP contribution in [0.3, 0.4) is 0 Å². The molecule has 216 valence electrons. The number of carbonyl (C=O) groups excluding carboxylic acids is 3. The van der Waals surface area contributed by atoms with Gasteiger partial charge in [0, 0.05) is 32.4 Å². The van der Waals surface area contributed by atoms with Crippen molar-refractivity contribution in [2.24, 2.45) is 17.8 Å². The molecule has 0 radical (unpaired) electrons. The molecule has 0 bridgehead atoms. The maximum Gasteiger partial charge on any atom is 0.252 e. The summed E-state index contributed by atoms with van der Waals surface area (Å²) in [7, 11) is 0. The minimum absolute atomic E-state index is 0.0398. The van der Waals surface area contributed by atoms with Crippen LogP contribution >= 0.6 is 11.3 Å². The number of thiazole rings is 1. The Bertz CT molecular complexity index is 1280. The van der Waals surface area contributed by atoms with E-state index in [1.807, 2.05) is 19.4 Å². The number of hydrogen-bond acceptors (Lipinski definition) is 6. The van der Waals surface area contributed by atoms with Crippen molar-refractivity contribution in [1.82, 2.24) is 15.2 Å². The summed E-state index contributed by atoms with van der Waals surface area (Å²) in [6, 6.07) is 7.90. The van der Waals surface area contributed by atoms with Gasteiger partial charge in [-0.25, -0.2) is 9.37 Å². The van der Waals surface area contributed by atoms with Crippen LogP contribution in [-0.4, -0.2) is 64.0 Å². The average Bonchev–Trinajstić information content (AvgIpc) is 3.68. The van der Waals surface area contributed by atoms with Gasteiger partial charge in [0.25, 0.3) is 5.91 Å². The molecule has 4 unspecified atom stereocenters. The first-order chi connectivity index (χ1) is 19.0. The molecule has 1 saturated heterocycles. The Morgan fingerprint density at radius 2 is 1.95 bits per heavy atom. The first-order valence-electron chi connectivity index (χ1n) is 14.4. The minimum Gasteiger partial charge on any atom is -0.377 e. The monoisotopic (exact) mass is 569 g/mol. The lowest BCUT2D eigenvalue weighted by Crippen LogP contribution is -2.65. The first-order valence-corrected chi connectivity index (χ1v) is 15.3. The Balaban J connectivity index is 1.26. The maximum absolute atomic E-state index is 15.5. The predicted molar refractivity (Wildman–Crippen MR) is 153 cm³/mol. The van der Waals surface area contributed by atoms with Crippen molar-refractivity contribution in [2.75, 3.05) is 13.2 Å². The lowest BCUT2D eigenvalue weighted by molar-refractivity contribution is -0.148. The number of Topliss-reactive ketones (excluding diaryl/α,β-unsaturated/α-hetero) is 1. The van der Waals surface area contributed by atoms with Crippen molar-refractivity contribution in [3.05, 3.63) is 41.0 Å². The van der Waals surface area contributed by atoms with Gasteiger partial charge in [-0.15, -0.1) is 11.3 Å². The van der Waals surface area contributed by atoms with E-state index in [9.17, 15) is 14.4 Å². The number of likely N-dealkylation sites (tertiary alicyclic amines) is 1. The van der Waals surface area contributed by atoms with Crippen LogP contribution in [0.4, 0.5) is 4.39 Å². The zero-order valence-corrected chi connectivity index (χ0v) is 24.9. The van der Waals surface area contributed by atoms with Crippen LogP contribution in [0.15, 0.2) is 29.8 Å². The van der Waals surface area contributed by atoms with Gasteiger partial charge in [-0.05, 0) is 69.4 Å². The summed E-state index contributed by atoms with van der Waals surface area (Å²) in [6.45, 7) is 9.45. The lowest BCUT2D eigenvalue weighted by Gasteiger charge is -2.38. The number of nitrogens with zero attached hydrogens (tertiary/aromatic N) is 2. The molecule has 1 aromatic heterocycles. The molecule has 0 spiro atoms. The number of alkyl halides is 1. The maximum atomic E-state index is 15.5. The highest BCUT2D eigenvalue weighted by molar-refractivity contribution is 7.13. The summed E-state index contributed by atoms with van der Waals surface area (Å²) < 4.78 is 21.3. The number of carbonyl (C=O) groups is 3. The molecule has 5 rings (SSSR count). The largest absolute Gasteiger partial charge is 0.377 e. The van der Waals surface area contributed by atoms with E-state index < -0.39 is 29.1 Å². The third kappa shape index (κ3) is 5.34. The Morgan fingerprint density at radius 1 is 1.25 bits per heavy atom. The highest BCUT2D eigenvalue weighted by atomic mass is 32.1. The minimum atomic E-state index is -1.79. The van der Waals surface area contributed by atoms with Gasteiger partial charge in [0.15, 0.2) is 11.3 Å². The Morgan fingerprint density at radius 3 is 2.52 bits per heavy atom. The van der Waals surface area contributed by atoms with Crippen molar-refractivity contribution in [2.45, 2.75) is 90.1 Å². The fourth-order valence-corrected chi connectivity index (χ4v) is 7.48. The smallest absolute Gasteiger partial charge is 0.252 e. The second-order valence-electron chi connectivity index (χ2n) is 12.0. The summed E-state index contributed by atoms with van der Waals surface area (Å²) in [5.74, 6) is -0.604. The number of aromatic nitrogens is 1. The van der Waals surface area contributed by atoms with Gasteiger partial charge in [0.1, 0.15) is 5.67 Å². The normalized spacial score (nSPS) is 28.1. The molecule has 1 N–H and O–H groups in total. The summed E-state index contributed by atoms with van der Waals surface area (Å²) in [5.41, 5.74) is 1.80. The number of ether oxygens (including phenoxy) is 1. The molecule has 2 aliphatic carbocycles. The topological polar surface area (TPSA) is 88.6 Å². The number of nitrogens with one attached hydrogen (secondary N) is 1. The van der Waals surface area contributed by atoms with E-state index in [-0.39, 0.29) is 49.0 Å². The van der Waals surface area contributed by atoms with Gasteiger partial charge in [-0.1, -0.05) is 31.2 Å². The number of benzene rings is 1. The van der Waals surface area contributed by atoms with Crippen molar-refractivity contribution < 1.29 is 23.5 Å². The molecule has 3 fully saturated rings. The van der Waals surface area contributed by atoms with Crippen LogP contribution < -0.4 is 5.32 Å². The number of rotatable bonds is 11. The van der Waals surface area contributed by atoms with E-state index in [1.165, 1.54) is 34.8 Å². The number of amides is 2. The summed E-state index contributed by atoms with van der Waals surface area (Å²) in [5, 5.41) is 2.60. The fraction of sp³-hybridized carbons (Fsp3) is 0.613. The van der Waals surface area contributed by atoms with Crippen molar-refractivity contribution in [3.8, 4) is 10.4 Å². The predicted octanol–water partition coefficient (Wildman–Crippen LogP) is 4.91. The molecule has 40 heavy (non-hydrogen) atoms. The molecule has 6 atom stereocenters. The SMILES string of the molecule is CCO[C@@H]1C[C@@H](C(=O)C2C(C)C2CCc2ccc(-c3scnc3C)cc2)N(C(=O)C(C)(NC(C)=O)C2(F)CC2)C1. The highest BCUT2D eigenvalue weighted by Crippen LogP contribution is 2.52. The summed E-state index contributed by atoms with van der Waals surface area (Å²) >= 11 is 1.64. The van der Waals surface area contributed by atoms with E-state index in [0.717, 1.165) is 18.5 Å². The van der Waals surface area contributed by atoms with Gasteiger partial charge >= 0.3 is 0 Å². The molecule has 2 saturated carbocycles. The van der Waals surface area contributed by atoms with Gasteiger partial charge in [-0.3, -0.25) is 14.4 Å². The fourth-order valence-electron chi connectivity index (χ4n) is 6.67. The number of hydrogen-bond donors (Lipinski definition) is 1. The van der Waals surface area contributed by atoms with Gasteiger partial charge in [0.05, 0.1) is 28.2 Å². The van der Waals surface area contributed by atoms with E-state index >= 15 is 4.39 Å². The van der Waals surface area contributed by atoms with E-state index in [0.29, 0.717) is 13.0 Å². The molecular weight excluding hydrogens is 529 g/mol. The van der Waals surface area contributed by atoms with Crippen LogP contribution in [0.2, 0.25) is 0 Å². The van der Waals surface area contributed by atoms with Gasteiger partial charge in [0.2, 0.25) is 5.91 Å². The molecule has 7 nitrogen and oxygen atoms in total. The lowest BCUT2D eigenvalue weighted by atomic mass is 9.90. The molecule has 3 aliphatic rings. The second kappa shape index (κ2) is 11.0. The third-order valence-corrected chi connectivity index (χ3v) is 10.3. The van der Waals surface area contributed by atoms with Crippen LogP contribution in [0.1, 0.15) is 64.6 Å². The number of halogens is 1. The second-order valence-corrected chi connectivity index (χ2v) is 12.9. The number of ketones is 1. The van der Waals surface area contributed by atoms with E-state index in [4.69, 9.17) is 4.74 Å². The Labute approximate surface area is 239 Å². The van der Waals surface area contributed by atoms with Crippen LogP contribution in [-0.2, 0) is 25.5 Å². The quantitative estimate of drug-likeness (QED) is 0.416. The van der Waals surface area contributed by atoms with Crippen molar-refractivity contribution >= 4 is 28.9 Å². The van der Waals surface area contributed by atoms with E-state index in [2.05, 4.69) is 41.5 Å². The van der Waals surface area contributed by atoms with Crippen molar-refractivity contribution in [3.63, 3.8) is 0 Å². The zero-order chi connectivity index (χ0) is 28.8. The molecule has 1 aliphatic heterocycles. The third-order valence-electron chi connectivity index (χ3n) is 9.31. The summed E-state index contributed by atoms with van der Waals surface area (Å²) in [4.78, 5) is 46.8.